The molecule has 86 valence electrons. The third-order valence-electron chi connectivity index (χ3n) is 3.38. The zero-order valence-electron chi connectivity index (χ0n) is 10.4. The molecule has 16 heavy (non-hydrogen) atoms. The maximum absolute atomic E-state index is 3.42. The molecule has 1 nitrogen and oxygen atoms in total. The van der Waals surface area contributed by atoms with Crippen LogP contribution in [0.15, 0.2) is 42.0 Å². The van der Waals surface area contributed by atoms with Crippen molar-refractivity contribution >= 4 is 0 Å². The molecule has 3 unspecified atom stereocenters. The summed E-state index contributed by atoms with van der Waals surface area (Å²) in [6, 6.07) is 11.4. The number of nitrogens with one attached hydrogen (secondary N) is 1. The van der Waals surface area contributed by atoms with E-state index in [2.05, 4.69) is 62.6 Å². The number of allylic oxidation sites excluding steroid dienone is 1. The molecule has 0 amide bonds. The minimum Gasteiger partial charge on any atom is -0.313 e. The Balaban J connectivity index is 2.03. The first-order valence-electron chi connectivity index (χ1n) is 6.09. The Hall–Kier alpha value is -1.08. The number of hydrogen-bond acceptors (Lipinski definition) is 1. The lowest BCUT2D eigenvalue weighted by Gasteiger charge is -2.12. The third-order valence-corrected chi connectivity index (χ3v) is 3.38. The lowest BCUT2D eigenvalue weighted by Crippen LogP contribution is -2.25. The Labute approximate surface area is 98.6 Å². The molecule has 1 N–H and O–H groups in total. The first kappa shape index (κ1) is 11.4. The summed E-state index contributed by atoms with van der Waals surface area (Å²) in [6.45, 7) is 4.34. The molecule has 0 saturated heterocycles. The summed E-state index contributed by atoms with van der Waals surface area (Å²) in [5.41, 5.74) is 2.90. The van der Waals surface area contributed by atoms with E-state index in [1.165, 1.54) is 17.6 Å². The van der Waals surface area contributed by atoms with Crippen molar-refractivity contribution in [2.75, 3.05) is 7.05 Å². The van der Waals surface area contributed by atoms with Crippen LogP contribution in [0, 0.1) is 5.92 Å². The predicted molar refractivity (Wildman–Crippen MR) is 69.6 cm³/mol. The number of likely N-dealkylation sites (N-methyl/N-ethyl adjacent to an activating group) is 1. The molecule has 1 heteroatoms. The first-order valence-corrected chi connectivity index (χ1v) is 6.09. The fourth-order valence-corrected chi connectivity index (χ4v) is 2.48. The van der Waals surface area contributed by atoms with E-state index in [4.69, 9.17) is 0 Å². The van der Waals surface area contributed by atoms with Crippen LogP contribution in [0.25, 0.3) is 0 Å². The van der Waals surface area contributed by atoms with Gasteiger partial charge in [-0.2, -0.15) is 0 Å². The van der Waals surface area contributed by atoms with Gasteiger partial charge >= 0.3 is 0 Å². The number of hydrogen-bond donors (Lipinski definition) is 1. The standard InChI is InChI=1S/C15H21N/c1-11(2)9-15(16-3)14-10-13(14)12-7-5-4-6-8-12/h4-9,13-16H,10H2,1-3H3. The second kappa shape index (κ2) is 4.84. The second-order valence-corrected chi connectivity index (χ2v) is 4.98. The van der Waals surface area contributed by atoms with Crippen LogP contribution in [0.1, 0.15) is 31.7 Å². The van der Waals surface area contributed by atoms with Gasteiger partial charge in [0.1, 0.15) is 0 Å². The van der Waals surface area contributed by atoms with Gasteiger partial charge in [0.15, 0.2) is 0 Å². The van der Waals surface area contributed by atoms with Gasteiger partial charge in [0.2, 0.25) is 0 Å². The zero-order chi connectivity index (χ0) is 11.5. The third kappa shape index (κ3) is 2.53. The highest BCUT2D eigenvalue weighted by atomic mass is 14.9. The van der Waals surface area contributed by atoms with Crippen molar-refractivity contribution in [3.63, 3.8) is 0 Å². The van der Waals surface area contributed by atoms with E-state index in [1.54, 1.807) is 0 Å². The Bertz CT molecular complexity index is 362. The largest absolute Gasteiger partial charge is 0.313 e. The van der Waals surface area contributed by atoms with Gasteiger partial charge in [0.25, 0.3) is 0 Å². The van der Waals surface area contributed by atoms with Gasteiger partial charge in [-0.15, -0.1) is 0 Å². The summed E-state index contributed by atoms with van der Waals surface area (Å²) in [7, 11) is 2.06. The molecule has 0 aliphatic heterocycles. The molecule has 0 bridgehead atoms. The normalized spacial score (nSPS) is 24.9. The van der Waals surface area contributed by atoms with Crippen molar-refractivity contribution in [2.45, 2.75) is 32.2 Å². The summed E-state index contributed by atoms with van der Waals surface area (Å²) in [6.07, 6.45) is 3.67. The van der Waals surface area contributed by atoms with Gasteiger partial charge in [-0.3, -0.25) is 0 Å². The van der Waals surface area contributed by atoms with Crippen LogP contribution in [0.4, 0.5) is 0 Å². The molecule has 0 aromatic heterocycles. The lowest BCUT2D eigenvalue weighted by molar-refractivity contribution is 0.580. The molecule has 3 atom stereocenters. The predicted octanol–water partition coefficient (Wildman–Crippen LogP) is 3.34. The number of rotatable bonds is 4. The Morgan fingerprint density at radius 3 is 2.56 bits per heavy atom. The second-order valence-electron chi connectivity index (χ2n) is 4.98. The fraction of sp³-hybridized carbons (Fsp3) is 0.467. The van der Waals surface area contributed by atoms with Crippen molar-refractivity contribution in [1.82, 2.24) is 5.32 Å². The SMILES string of the molecule is CNC(C=C(C)C)C1CC1c1ccccc1. The summed E-state index contributed by atoms with van der Waals surface area (Å²) in [5, 5.41) is 3.42. The van der Waals surface area contributed by atoms with Gasteiger partial charge in [-0.05, 0) is 44.7 Å². The fourth-order valence-electron chi connectivity index (χ4n) is 2.48. The maximum atomic E-state index is 3.42. The minimum absolute atomic E-state index is 0.537. The van der Waals surface area contributed by atoms with Crippen LogP contribution in [0.3, 0.4) is 0 Å². The Kier molecular flexibility index (Phi) is 3.45. The lowest BCUT2D eigenvalue weighted by atomic mass is 10.0. The van der Waals surface area contributed by atoms with Crippen LogP contribution >= 0.6 is 0 Å². The highest BCUT2D eigenvalue weighted by Crippen LogP contribution is 2.49. The van der Waals surface area contributed by atoms with E-state index in [0.29, 0.717) is 6.04 Å². The average Bonchev–Trinajstić information content (AvgIpc) is 3.07. The number of benzene rings is 1. The molecular weight excluding hydrogens is 194 g/mol. The minimum atomic E-state index is 0.537. The monoisotopic (exact) mass is 215 g/mol. The smallest absolute Gasteiger partial charge is 0.0284 e. The molecular formula is C15H21N. The van der Waals surface area contributed by atoms with Crippen LogP contribution in [0.2, 0.25) is 0 Å². The van der Waals surface area contributed by atoms with Crippen LogP contribution < -0.4 is 5.32 Å². The summed E-state index contributed by atoms with van der Waals surface area (Å²) < 4.78 is 0. The molecule has 0 heterocycles. The molecule has 1 aromatic rings. The molecule has 1 aliphatic rings. The average molecular weight is 215 g/mol. The van der Waals surface area contributed by atoms with E-state index in [9.17, 15) is 0 Å². The van der Waals surface area contributed by atoms with Crippen molar-refractivity contribution < 1.29 is 0 Å². The van der Waals surface area contributed by atoms with Crippen molar-refractivity contribution in [3.05, 3.63) is 47.5 Å². The maximum Gasteiger partial charge on any atom is 0.0284 e. The first-order chi connectivity index (χ1) is 7.72. The molecule has 1 aliphatic carbocycles. The van der Waals surface area contributed by atoms with Gasteiger partial charge in [-0.1, -0.05) is 42.0 Å². The van der Waals surface area contributed by atoms with E-state index in [-0.39, 0.29) is 0 Å². The molecule has 1 saturated carbocycles. The van der Waals surface area contributed by atoms with E-state index < -0.39 is 0 Å². The summed E-state index contributed by atoms with van der Waals surface area (Å²) in [5.74, 6) is 1.54. The van der Waals surface area contributed by atoms with E-state index in [0.717, 1.165) is 11.8 Å². The van der Waals surface area contributed by atoms with Crippen molar-refractivity contribution in [3.8, 4) is 0 Å². The van der Waals surface area contributed by atoms with E-state index >= 15 is 0 Å². The zero-order valence-corrected chi connectivity index (χ0v) is 10.4. The molecule has 1 aromatic carbocycles. The van der Waals surface area contributed by atoms with Crippen LogP contribution in [-0.4, -0.2) is 13.1 Å². The summed E-state index contributed by atoms with van der Waals surface area (Å²) in [4.78, 5) is 0. The summed E-state index contributed by atoms with van der Waals surface area (Å²) >= 11 is 0. The van der Waals surface area contributed by atoms with E-state index in [1.807, 2.05) is 0 Å². The van der Waals surface area contributed by atoms with Gasteiger partial charge in [0.05, 0.1) is 0 Å². The van der Waals surface area contributed by atoms with Gasteiger partial charge in [0, 0.05) is 6.04 Å². The Morgan fingerprint density at radius 1 is 1.31 bits per heavy atom. The topological polar surface area (TPSA) is 12.0 Å². The quantitative estimate of drug-likeness (QED) is 0.760. The molecule has 0 radical (unpaired) electrons. The van der Waals surface area contributed by atoms with Crippen molar-refractivity contribution in [2.24, 2.45) is 5.92 Å². The van der Waals surface area contributed by atoms with Crippen LogP contribution in [0.5, 0.6) is 0 Å². The van der Waals surface area contributed by atoms with Gasteiger partial charge in [-0.25, -0.2) is 0 Å². The molecule has 0 spiro atoms. The molecule has 1 fully saturated rings. The Morgan fingerprint density at radius 2 is 2.00 bits per heavy atom. The van der Waals surface area contributed by atoms with Gasteiger partial charge < -0.3 is 5.32 Å². The highest BCUT2D eigenvalue weighted by Gasteiger charge is 2.42. The van der Waals surface area contributed by atoms with Crippen LogP contribution in [-0.2, 0) is 0 Å². The molecule has 2 rings (SSSR count). The highest BCUT2D eigenvalue weighted by molar-refractivity contribution is 5.28. The van der Waals surface area contributed by atoms with Crippen molar-refractivity contribution in [1.29, 1.82) is 0 Å².